The van der Waals surface area contributed by atoms with E-state index >= 15 is 0 Å². The van der Waals surface area contributed by atoms with E-state index in [-0.39, 0.29) is 0 Å². The van der Waals surface area contributed by atoms with E-state index in [1.54, 1.807) is 48.5 Å². The summed E-state index contributed by atoms with van der Waals surface area (Å²) < 4.78 is 5.82. The Balaban J connectivity index is 1.20. The van der Waals surface area contributed by atoms with Crippen molar-refractivity contribution in [2.75, 3.05) is 17.5 Å². The second kappa shape index (κ2) is 13.1. The molecule has 0 fully saturated rings. The van der Waals surface area contributed by atoms with Crippen LogP contribution in [0.1, 0.15) is 36.5 Å². The number of benzene rings is 4. The highest BCUT2D eigenvalue weighted by molar-refractivity contribution is 7.17. The molecular formula is C32H31N5O3S. The van der Waals surface area contributed by atoms with Gasteiger partial charge in [-0.3, -0.25) is 0 Å². The zero-order valence-corrected chi connectivity index (χ0v) is 23.5. The molecule has 0 aliphatic heterocycles. The minimum absolute atomic E-state index is 0.343. The van der Waals surface area contributed by atoms with E-state index in [0.29, 0.717) is 16.9 Å². The van der Waals surface area contributed by atoms with Crippen molar-refractivity contribution in [1.29, 1.82) is 0 Å². The molecule has 1 heterocycles. The molecule has 9 heteroatoms. The maximum absolute atomic E-state index is 12.6. The molecule has 5 aromatic rings. The van der Waals surface area contributed by atoms with Gasteiger partial charge in [-0.05, 0) is 53.9 Å². The molecule has 4 aromatic carbocycles. The molecule has 0 saturated heterocycles. The predicted octanol–water partition coefficient (Wildman–Crippen LogP) is 7.14. The highest BCUT2D eigenvalue weighted by Gasteiger charge is 2.15. The summed E-state index contributed by atoms with van der Waals surface area (Å²) in [7, 11) is 0. The lowest BCUT2D eigenvalue weighted by Crippen LogP contribution is -2.34. The number of anilines is 2. The molecule has 0 aliphatic rings. The molecule has 4 N–H and O–H groups in total. The Kier molecular flexibility index (Phi) is 8.88. The molecule has 0 radical (unpaired) electrons. The number of nitrogens with zero attached hydrogens (tertiary/aromatic N) is 3. The maximum atomic E-state index is 12.6. The molecule has 1 aromatic heterocycles. The molecule has 0 spiro atoms. The molecule has 0 unspecified atom stereocenters. The smallest absolute Gasteiger partial charge is 0.365 e. The van der Waals surface area contributed by atoms with Gasteiger partial charge >= 0.3 is 5.97 Å². The molecule has 208 valence electrons. The van der Waals surface area contributed by atoms with Crippen molar-refractivity contribution in [3.8, 4) is 38.0 Å². The zero-order valence-electron chi connectivity index (χ0n) is 22.7. The van der Waals surface area contributed by atoms with Crippen LogP contribution < -0.4 is 21.5 Å². The number of hydrogen-bond acceptors (Lipinski definition) is 9. The lowest BCUT2D eigenvalue weighted by Gasteiger charge is -2.18. The summed E-state index contributed by atoms with van der Waals surface area (Å²) in [6.45, 7) is 2.94. The quantitative estimate of drug-likeness (QED) is 0.0751. The normalized spacial score (nSPS) is 10.8. The van der Waals surface area contributed by atoms with Crippen LogP contribution in [0.4, 0.5) is 11.4 Å². The van der Waals surface area contributed by atoms with Gasteiger partial charge in [-0.2, -0.15) is 0 Å². The fourth-order valence-corrected chi connectivity index (χ4v) is 5.03. The summed E-state index contributed by atoms with van der Waals surface area (Å²) >= 11 is 1.48. The number of ether oxygens (including phenoxy) is 1. The van der Waals surface area contributed by atoms with Gasteiger partial charge in [-0.15, -0.1) is 15.4 Å². The topological polar surface area (TPSA) is 117 Å². The molecule has 0 atom stereocenters. The average Bonchev–Trinajstić information content (AvgIpc) is 3.50. The van der Waals surface area contributed by atoms with Crippen LogP contribution in [-0.4, -0.2) is 22.8 Å². The van der Waals surface area contributed by atoms with Gasteiger partial charge in [-0.25, -0.2) is 10.6 Å². The molecule has 8 nitrogen and oxygen atoms in total. The number of nitrogen functional groups attached to an aromatic ring is 1. The van der Waals surface area contributed by atoms with Crippen LogP contribution >= 0.6 is 11.3 Å². The predicted molar refractivity (Wildman–Crippen MR) is 164 cm³/mol. The maximum Gasteiger partial charge on any atom is 0.365 e. The van der Waals surface area contributed by atoms with Crippen molar-refractivity contribution in [2.45, 2.75) is 26.2 Å². The highest BCUT2D eigenvalue weighted by Crippen LogP contribution is 2.32. The van der Waals surface area contributed by atoms with E-state index in [4.69, 9.17) is 21.2 Å². The van der Waals surface area contributed by atoms with Crippen LogP contribution in [0.2, 0.25) is 0 Å². The fourth-order valence-electron chi connectivity index (χ4n) is 4.18. The Labute approximate surface area is 243 Å². The fraction of sp³-hybridized carbons (Fsp3) is 0.156. The van der Waals surface area contributed by atoms with Crippen LogP contribution in [-0.2, 0) is 4.84 Å². The number of para-hydroxylation sites is 2. The molecule has 0 amide bonds. The van der Waals surface area contributed by atoms with Crippen LogP contribution in [0.5, 0.6) is 5.75 Å². The summed E-state index contributed by atoms with van der Waals surface area (Å²) in [6, 6.07) is 30.2. The SMILES string of the molecule is CCCCCOc1ccc(-c2ccc(-c3nnc(-c4ccc(C(=O)ON(N)c5ccccc5N)cc4)s3)cc2)cc1. The van der Waals surface area contributed by atoms with Crippen molar-refractivity contribution in [1.82, 2.24) is 10.2 Å². The van der Waals surface area contributed by atoms with Crippen LogP contribution in [0.15, 0.2) is 97.1 Å². The summed E-state index contributed by atoms with van der Waals surface area (Å²) in [6.07, 6.45) is 3.44. The van der Waals surface area contributed by atoms with Gasteiger partial charge in [0.2, 0.25) is 0 Å². The van der Waals surface area contributed by atoms with E-state index in [1.807, 2.05) is 24.3 Å². The zero-order chi connectivity index (χ0) is 28.6. The van der Waals surface area contributed by atoms with E-state index in [2.05, 4.69) is 41.4 Å². The summed E-state index contributed by atoms with van der Waals surface area (Å²) in [4.78, 5) is 17.8. The van der Waals surface area contributed by atoms with Gasteiger partial charge < -0.3 is 15.3 Å². The number of carbonyl (C=O) groups excluding carboxylic acids is 1. The number of unbranched alkanes of at least 4 members (excludes halogenated alkanes) is 2. The monoisotopic (exact) mass is 565 g/mol. The minimum atomic E-state index is -0.602. The number of nitrogens with two attached hydrogens (primary N) is 2. The van der Waals surface area contributed by atoms with Crippen molar-refractivity contribution in [3.05, 3.63) is 103 Å². The molecular weight excluding hydrogens is 534 g/mol. The summed E-state index contributed by atoms with van der Waals surface area (Å²) in [5.74, 6) is 6.17. The van der Waals surface area contributed by atoms with E-state index in [9.17, 15) is 4.79 Å². The lowest BCUT2D eigenvalue weighted by molar-refractivity contribution is 0.0451. The molecule has 0 aliphatic carbocycles. The van der Waals surface area contributed by atoms with Crippen LogP contribution in [0, 0.1) is 0 Å². The van der Waals surface area contributed by atoms with Gasteiger partial charge in [0, 0.05) is 11.1 Å². The third-order valence-electron chi connectivity index (χ3n) is 6.48. The van der Waals surface area contributed by atoms with Gasteiger partial charge in [0.1, 0.15) is 21.5 Å². The third kappa shape index (κ3) is 6.89. The molecule has 0 saturated carbocycles. The van der Waals surface area contributed by atoms with Crippen molar-refractivity contribution in [3.63, 3.8) is 0 Å². The van der Waals surface area contributed by atoms with Gasteiger partial charge in [-0.1, -0.05) is 91.8 Å². The number of hydrazine groups is 1. The Morgan fingerprint density at radius 3 is 1.95 bits per heavy atom. The lowest BCUT2D eigenvalue weighted by atomic mass is 10.0. The second-order valence-corrected chi connectivity index (χ2v) is 10.4. The first-order valence-corrected chi connectivity index (χ1v) is 14.2. The Bertz CT molecular complexity index is 1590. The second-order valence-electron chi connectivity index (χ2n) is 9.41. The van der Waals surface area contributed by atoms with Crippen LogP contribution in [0.25, 0.3) is 32.3 Å². The first-order valence-electron chi connectivity index (χ1n) is 13.4. The van der Waals surface area contributed by atoms with E-state index in [1.165, 1.54) is 24.2 Å². The number of aromatic nitrogens is 2. The molecule has 5 rings (SSSR count). The van der Waals surface area contributed by atoms with E-state index in [0.717, 1.165) is 56.2 Å². The Morgan fingerprint density at radius 2 is 1.34 bits per heavy atom. The standard InChI is InChI=1S/C32H31N5O3S/c1-2-3-6-21-39-27-19-17-23(18-20-27)22-9-11-24(12-10-22)30-35-36-31(41-30)25-13-15-26(16-14-25)32(38)40-37(34)29-8-5-4-7-28(29)33/h4-5,7-20H,2-3,6,21,33-34H2,1H3. The van der Waals surface area contributed by atoms with Gasteiger partial charge in [0.05, 0.1) is 17.9 Å². The van der Waals surface area contributed by atoms with Crippen molar-refractivity contribution in [2.24, 2.45) is 5.84 Å². The third-order valence-corrected chi connectivity index (χ3v) is 7.51. The first-order chi connectivity index (χ1) is 20.0. The molecule has 0 bridgehead atoms. The number of carbonyl (C=O) groups is 1. The van der Waals surface area contributed by atoms with Gasteiger partial charge in [0.25, 0.3) is 0 Å². The Hall–Kier alpha value is -4.73. The largest absolute Gasteiger partial charge is 0.494 e. The van der Waals surface area contributed by atoms with Gasteiger partial charge in [0.15, 0.2) is 0 Å². The van der Waals surface area contributed by atoms with E-state index < -0.39 is 5.97 Å². The first kappa shape index (κ1) is 27.8. The van der Waals surface area contributed by atoms with Crippen LogP contribution in [0.3, 0.4) is 0 Å². The van der Waals surface area contributed by atoms with Crippen molar-refractivity contribution < 1.29 is 14.4 Å². The number of rotatable bonds is 11. The average molecular weight is 566 g/mol. The number of hydrogen-bond donors (Lipinski definition) is 2. The highest BCUT2D eigenvalue weighted by atomic mass is 32.1. The molecule has 41 heavy (non-hydrogen) atoms. The van der Waals surface area contributed by atoms with Crippen molar-refractivity contribution >= 4 is 28.7 Å². The summed E-state index contributed by atoms with van der Waals surface area (Å²) in [5.41, 5.74) is 11.1. The Morgan fingerprint density at radius 1 is 0.780 bits per heavy atom. The minimum Gasteiger partial charge on any atom is -0.494 e. The summed E-state index contributed by atoms with van der Waals surface area (Å²) in [5, 5.41) is 11.2.